The van der Waals surface area contributed by atoms with E-state index in [0.717, 1.165) is 6.07 Å². The Morgan fingerprint density at radius 3 is 2.95 bits per heavy atom. The van der Waals surface area contributed by atoms with Gasteiger partial charge in [0.25, 0.3) is 0 Å². The van der Waals surface area contributed by atoms with Gasteiger partial charge >= 0.3 is 11.9 Å². The second-order valence-corrected chi connectivity index (χ2v) is 4.07. The Kier molecular flexibility index (Phi) is 4.29. The van der Waals surface area contributed by atoms with Gasteiger partial charge in [-0.25, -0.2) is 14.0 Å². The van der Waals surface area contributed by atoms with Crippen molar-refractivity contribution in [1.82, 2.24) is 0 Å². The maximum atomic E-state index is 12.9. The third kappa shape index (κ3) is 3.31. The molecule has 0 N–H and O–H groups in total. The second kappa shape index (κ2) is 6.14. The smallest absolute Gasteiger partial charge is 0.355 e. The van der Waals surface area contributed by atoms with Gasteiger partial charge in [0, 0.05) is 6.42 Å². The number of oxime groups is 1. The van der Waals surface area contributed by atoms with Crippen molar-refractivity contribution in [2.75, 3.05) is 13.7 Å². The molecule has 0 amide bonds. The highest BCUT2D eigenvalue weighted by atomic mass is 19.1. The molecule has 106 valence electrons. The van der Waals surface area contributed by atoms with Gasteiger partial charge in [-0.05, 0) is 18.2 Å². The summed E-state index contributed by atoms with van der Waals surface area (Å²) >= 11 is 0. The predicted molar refractivity (Wildman–Crippen MR) is 65.6 cm³/mol. The lowest BCUT2D eigenvalue weighted by molar-refractivity contribution is -0.132. The first kappa shape index (κ1) is 14.0. The van der Waals surface area contributed by atoms with Crippen LogP contribution < -0.4 is 0 Å². The molecule has 6 nitrogen and oxygen atoms in total. The van der Waals surface area contributed by atoms with Gasteiger partial charge in [0.05, 0.1) is 12.7 Å². The van der Waals surface area contributed by atoms with Crippen LogP contribution in [0.4, 0.5) is 4.39 Å². The molecule has 2 rings (SSSR count). The first-order chi connectivity index (χ1) is 9.60. The molecule has 0 spiro atoms. The molecule has 1 aromatic rings. The Labute approximate surface area is 114 Å². The van der Waals surface area contributed by atoms with Gasteiger partial charge in [0.2, 0.25) is 0 Å². The summed E-state index contributed by atoms with van der Waals surface area (Å²) in [5, 5.41) is 3.54. The van der Waals surface area contributed by atoms with Gasteiger partial charge in [0.1, 0.15) is 12.4 Å². The number of ether oxygens (including phenoxy) is 2. The summed E-state index contributed by atoms with van der Waals surface area (Å²) < 4.78 is 22.4. The lowest BCUT2D eigenvalue weighted by Crippen LogP contribution is -2.22. The zero-order valence-electron chi connectivity index (χ0n) is 10.7. The van der Waals surface area contributed by atoms with Crippen molar-refractivity contribution >= 4 is 17.7 Å². The molecule has 0 fully saturated rings. The molecule has 20 heavy (non-hydrogen) atoms. The highest BCUT2D eigenvalue weighted by Gasteiger charge is 2.27. The van der Waals surface area contributed by atoms with Crippen molar-refractivity contribution in [2.45, 2.75) is 12.5 Å². The molecule has 0 radical (unpaired) electrons. The molecule has 1 atom stereocenters. The maximum Gasteiger partial charge on any atom is 0.355 e. The van der Waals surface area contributed by atoms with Crippen LogP contribution in [0, 0.1) is 5.82 Å². The molecule has 1 aliphatic rings. The zero-order valence-corrected chi connectivity index (χ0v) is 10.7. The highest BCUT2D eigenvalue weighted by molar-refractivity contribution is 6.36. The average molecular weight is 281 g/mol. The third-order valence-corrected chi connectivity index (χ3v) is 2.61. The van der Waals surface area contributed by atoms with Crippen molar-refractivity contribution in [3.8, 4) is 0 Å². The quantitative estimate of drug-likeness (QED) is 0.778. The minimum absolute atomic E-state index is 0.0840. The number of carbonyl (C=O) groups is 2. The molecule has 1 heterocycles. The van der Waals surface area contributed by atoms with Crippen LogP contribution in [0.3, 0.4) is 0 Å². The van der Waals surface area contributed by atoms with Crippen molar-refractivity contribution in [1.29, 1.82) is 0 Å². The number of hydrogen-bond donors (Lipinski definition) is 0. The molecule has 0 saturated carbocycles. The number of benzene rings is 1. The molecule has 0 bridgehead atoms. The molecule has 0 unspecified atom stereocenters. The Bertz CT molecular complexity index is 557. The first-order valence-electron chi connectivity index (χ1n) is 5.84. The van der Waals surface area contributed by atoms with E-state index < -0.39 is 23.9 Å². The van der Waals surface area contributed by atoms with E-state index in [-0.39, 0.29) is 24.3 Å². The number of esters is 2. The van der Waals surface area contributed by atoms with Crippen LogP contribution in [0.5, 0.6) is 0 Å². The van der Waals surface area contributed by atoms with E-state index in [1.54, 1.807) is 0 Å². The van der Waals surface area contributed by atoms with Crippen LogP contribution in [0.2, 0.25) is 0 Å². The van der Waals surface area contributed by atoms with Crippen LogP contribution in [0.25, 0.3) is 0 Å². The summed E-state index contributed by atoms with van der Waals surface area (Å²) in [7, 11) is 1.24. The molecular weight excluding hydrogens is 269 g/mol. The molecule has 1 aliphatic heterocycles. The maximum absolute atomic E-state index is 12.9. The van der Waals surface area contributed by atoms with Crippen LogP contribution in [-0.2, 0) is 19.1 Å². The average Bonchev–Trinajstić information content (AvgIpc) is 2.92. The molecule has 1 aromatic carbocycles. The standard InChI is InChI=1S/C13H12FNO5/c1-18-13(17)11-6-10(20-15-11)7-19-12(16)8-3-2-4-9(14)5-8/h2-5,10H,6-7H2,1H3/t10-/m0/s1. The fourth-order valence-corrected chi connectivity index (χ4v) is 1.62. The summed E-state index contributed by atoms with van der Waals surface area (Å²) in [6.45, 7) is -0.0840. The fraction of sp³-hybridized carbons (Fsp3) is 0.308. The Morgan fingerprint density at radius 2 is 2.25 bits per heavy atom. The number of methoxy groups -OCH3 is 1. The van der Waals surface area contributed by atoms with Crippen LogP contribution in [0.15, 0.2) is 29.4 Å². The number of nitrogens with zero attached hydrogens (tertiary/aromatic N) is 1. The monoisotopic (exact) mass is 281 g/mol. The lowest BCUT2D eigenvalue weighted by atomic mass is 10.2. The normalized spacial score (nSPS) is 17.1. The number of hydrogen-bond acceptors (Lipinski definition) is 6. The highest BCUT2D eigenvalue weighted by Crippen LogP contribution is 2.13. The van der Waals surface area contributed by atoms with Gasteiger partial charge < -0.3 is 14.3 Å². The van der Waals surface area contributed by atoms with E-state index in [2.05, 4.69) is 9.89 Å². The van der Waals surface area contributed by atoms with Gasteiger partial charge in [-0.1, -0.05) is 11.2 Å². The van der Waals surface area contributed by atoms with Crippen molar-refractivity contribution in [3.63, 3.8) is 0 Å². The van der Waals surface area contributed by atoms with Gasteiger partial charge in [0.15, 0.2) is 11.8 Å². The Morgan fingerprint density at radius 1 is 1.45 bits per heavy atom. The number of rotatable bonds is 4. The van der Waals surface area contributed by atoms with Gasteiger partial charge in [-0.15, -0.1) is 0 Å². The summed E-state index contributed by atoms with van der Waals surface area (Å²) in [5.41, 5.74) is 0.247. The van der Waals surface area contributed by atoms with Crippen molar-refractivity contribution in [3.05, 3.63) is 35.6 Å². The second-order valence-electron chi connectivity index (χ2n) is 4.07. The summed E-state index contributed by atoms with van der Waals surface area (Å²) in [5.74, 6) is -1.77. The van der Waals surface area contributed by atoms with Crippen molar-refractivity contribution < 1.29 is 28.3 Å². The van der Waals surface area contributed by atoms with Crippen LogP contribution in [0.1, 0.15) is 16.8 Å². The molecule has 0 aromatic heterocycles. The van der Waals surface area contributed by atoms with E-state index >= 15 is 0 Å². The number of halogens is 1. The molecule has 0 aliphatic carbocycles. The Balaban J connectivity index is 1.83. The Hall–Kier alpha value is -2.44. The van der Waals surface area contributed by atoms with Gasteiger partial charge in [-0.2, -0.15) is 0 Å². The van der Waals surface area contributed by atoms with Crippen LogP contribution >= 0.6 is 0 Å². The zero-order chi connectivity index (χ0) is 14.5. The van der Waals surface area contributed by atoms with E-state index in [0.29, 0.717) is 0 Å². The SMILES string of the molecule is COC(=O)C1=NO[C@H](COC(=O)c2cccc(F)c2)C1. The summed E-state index contributed by atoms with van der Waals surface area (Å²) in [4.78, 5) is 27.8. The van der Waals surface area contributed by atoms with Crippen LogP contribution in [-0.4, -0.2) is 37.5 Å². The minimum Gasteiger partial charge on any atom is -0.464 e. The molecular formula is C13H12FNO5. The van der Waals surface area contributed by atoms with E-state index in [1.807, 2.05) is 0 Å². The fourth-order valence-electron chi connectivity index (χ4n) is 1.62. The topological polar surface area (TPSA) is 74.2 Å². The largest absolute Gasteiger partial charge is 0.464 e. The summed E-state index contributed by atoms with van der Waals surface area (Å²) in [6, 6.07) is 5.16. The lowest BCUT2D eigenvalue weighted by Gasteiger charge is -2.09. The summed E-state index contributed by atoms with van der Waals surface area (Å²) in [6.07, 6.45) is -0.343. The number of carbonyl (C=O) groups excluding carboxylic acids is 2. The minimum atomic E-state index is -0.667. The van der Waals surface area contributed by atoms with Gasteiger partial charge in [-0.3, -0.25) is 0 Å². The first-order valence-corrected chi connectivity index (χ1v) is 5.84. The molecule has 7 heteroatoms. The predicted octanol–water partition coefficient (Wildman–Crippen LogP) is 1.30. The van der Waals surface area contributed by atoms with E-state index in [4.69, 9.17) is 9.57 Å². The van der Waals surface area contributed by atoms with E-state index in [9.17, 15) is 14.0 Å². The van der Waals surface area contributed by atoms with E-state index in [1.165, 1.54) is 25.3 Å². The van der Waals surface area contributed by atoms with Crippen molar-refractivity contribution in [2.24, 2.45) is 5.16 Å². The molecule has 0 saturated heterocycles. The third-order valence-electron chi connectivity index (χ3n) is 2.61.